The summed E-state index contributed by atoms with van der Waals surface area (Å²) < 4.78 is 10.3. The number of benzene rings is 2. The first-order valence-corrected chi connectivity index (χ1v) is 6.70. The number of carbonyl (C=O) groups is 1. The standard InChI is InChI=1S/C17H19NO3/c1-12-4-9-16(21-3)15(10-12)17(19)18-11-13-5-7-14(20-2)8-6-13/h4-10H,11H2,1-3H3,(H,18,19). The smallest absolute Gasteiger partial charge is 0.255 e. The van der Waals surface area contributed by atoms with Crippen molar-refractivity contribution in [2.75, 3.05) is 14.2 Å². The monoisotopic (exact) mass is 285 g/mol. The molecule has 1 amide bonds. The van der Waals surface area contributed by atoms with Gasteiger partial charge in [-0.1, -0.05) is 23.8 Å². The Hall–Kier alpha value is -2.49. The van der Waals surface area contributed by atoms with Crippen LogP contribution in [-0.4, -0.2) is 20.1 Å². The number of aryl methyl sites for hydroxylation is 1. The van der Waals surface area contributed by atoms with E-state index in [1.807, 2.05) is 43.3 Å². The maximum Gasteiger partial charge on any atom is 0.255 e. The highest BCUT2D eigenvalue weighted by Crippen LogP contribution is 2.19. The number of methoxy groups -OCH3 is 2. The van der Waals surface area contributed by atoms with Gasteiger partial charge in [0, 0.05) is 6.54 Å². The van der Waals surface area contributed by atoms with Crippen molar-refractivity contribution in [2.24, 2.45) is 0 Å². The number of hydrogen-bond acceptors (Lipinski definition) is 3. The molecule has 21 heavy (non-hydrogen) atoms. The average Bonchev–Trinajstić information content (AvgIpc) is 2.53. The molecule has 0 aliphatic carbocycles. The van der Waals surface area contributed by atoms with Gasteiger partial charge in [0.2, 0.25) is 0 Å². The van der Waals surface area contributed by atoms with Gasteiger partial charge in [-0.05, 0) is 36.8 Å². The number of amides is 1. The number of rotatable bonds is 5. The summed E-state index contributed by atoms with van der Waals surface area (Å²) >= 11 is 0. The minimum absolute atomic E-state index is 0.147. The van der Waals surface area contributed by atoms with Crippen molar-refractivity contribution >= 4 is 5.91 Å². The van der Waals surface area contributed by atoms with E-state index in [9.17, 15) is 4.79 Å². The van der Waals surface area contributed by atoms with E-state index in [1.54, 1.807) is 20.3 Å². The van der Waals surface area contributed by atoms with Crippen LogP contribution in [0.4, 0.5) is 0 Å². The molecule has 0 spiro atoms. The second kappa shape index (κ2) is 6.79. The van der Waals surface area contributed by atoms with E-state index in [2.05, 4.69) is 5.32 Å². The van der Waals surface area contributed by atoms with Gasteiger partial charge in [0.15, 0.2) is 0 Å². The van der Waals surface area contributed by atoms with Crippen LogP contribution in [0.25, 0.3) is 0 Å². The van der Waals surface area contributed by atoms with E-state index < -0.39 is 0 Å². The quantitative estimate of drug-likeness (QED) is 0.918. The molecule has 0 saturated heterocycles. The van der Waals surface area contributed by atoms with Crippen LogP contribution in [0.5, 0.6) is 11.5 Å². The van der Waals surface area contributed by atoms with Crippen molar-refractivity contribution in [1.29, 1.82) is 0 Å². The zero-order valence-electron chi connectivity index (χ0n) is 12.5. The first-order valence-electron chi connectivity index (χ1n) is 6.70. The maximum absolute atomic E-state index is 12.3. The summed E-state index contributed by atoms with van der Waals surface area (Å²) in [7, 11) is 3.19. The molecule has 1 N–H and O–H groups in total. The third kappa shape index (κ3) is 3.75. The summed E-state index contributed by atoms with van der Waals surface area (Å²) in [5.41, 5.74) is 2.58. The van der Waals surface area contributed by atoms with Crippen LogP contribution in [0, 0.1) is 6.92 Å². The maximum atomic E-state index is 12.3. The molecule has 0 unspecified atom stereocenters. The molecule has 110 valence electrons. The van der Waals surface area contributed by atoms with Crippen molar-refractivity contribution in [2.45, 2.75) is 13.5 Å². The van der Waals surface area contributed by atoms with Gasteiger partial charge in [0.1, 0.15) is 11.5 Å². The SMILES string of the molecule is COc1ccc(CNC(=O)c2cc(C)ccc2OC)cc1. The lowest BCUT2D eigenvalue weighted by atomic mass is 10.1. The van der Waals surface area contributed by atoms with Gasteiger partial charge >= 0.3 is 0 Å². The van der Waals surface area contributed by atoms with Crippen LogP contribution in [-0.2, 0) is 6.54 Å². The van der Waals surface area contributed by atoms with Crippen LogP contribution in [0.1, 0.15) is 21.5 Å². The molecule has 0 saturated carbocycles. The van der Waals surface area contributed by atoms with Gasteiger partial charge in [-0.3, -0.25) is 4.79 Å². The highest BCUT2D eigenvalue weighted by molar-refractivity contribution is 5.97. The van der Waals surface area contributed by atoms with Gasteiger partial charge in [0.05, 0.1) is 19.8 Å². The summed E-state index contributed by atoms with van der Waals surface area (Å²) in [5.74, 6) is 1.23. The van der Waals surface area contributed by atoms with Gasteiger partial charge < -0.3 is 14.8 Å². The molecule has 0 fully saturated rings. The fourth-order valence-electron chi connectivity index (χ4n) is 2.02. The van der Waals surface area contributed by atoms with E-state index in [0.29, 0.717) is 17.9 Å². The van der Waals surface area contributed by atoms with E-state index >= 15 is 0 Å². The third-order valence-corrected chi connectivity index (χ3v) is 3.21. The van der Waals surface area contributed by atoms with Crippen molar-refractivity contribution in [1.82, 2.24) is 5.32 Å². The minimum atomic E-state index is -0.147. The normalized spacial score (nSPS) is 10.0. The lowest BCUT2D eigenvalue weighted by molar-refractivity contribution is 0.0948. The summed E-state index contributed by atoms with van der Waals surface area (Å²) in [5, 5.41) is 2.89. The topological polar surface area (TPSA) is 47.6 Å². The average molecular weight is 285 g/mol. The van der Waals surface area contributed by atoms with Gasteiger partial charge in [-0.15, -0.1) is 0 Å². The Morgan fingerprint density at radius 3 is 2.38 bits per heavy atom. The fraction of sp³-hybridized carbons (Fsp3) is 0.235. The Balaban J connectivity index is 2.05. The highest BCUT2D eigenvalue weighted by Gasteiger charge is 2.12. The molecule has 0 aromatic heterocycles. The van der Waals surface area contributed by atoms with E-state index in [0.717, 1.165) is 16.9 Å². The second-order valence-electron chi connectivity index (χ2n) is 4.73. The molecule has 2 rings (SSSR count). The molecule has 4 nitrogen and oxygen atoms in total. The van der Waals surface area contributed by atoms with Crippen LogP contribution < -0.4 is 14.8 Å². The molecule has 2 aromatic carbocycles. The predicted octanol–water partition coefficient (Wildman–Crippen LogP) is 2.94. The summed E-state index contributed by atoms with van der Waals surface area (Å²) in [6.45, 7) is 2.40. The van der Waals surface area contributed by atoms with Gasteiger partial charge in [0.25, 0.3) is 5.91 Å². The Morgan fingerprint density at radius 2 is 1.76 bits per heavy atom. The molecular formula is C17H19NO3. The third-order valence-electron chi connectivity index (χ3n) is 3.21. The summed E-state index contributed by atoms with van der Waals surface area (Å²) in [4.78, 5) is 12.3. The molecular weight excluding hydrogens is 266 g/mol. The Kier molecular flexibility index (Phi) is 4.82. The molecule has 0 aliphatic rings. The predicted molar refractivity (Wildman–Crippen MR) is 81.9 cm³/mol. The number of hydrogen-bond donors (Lipinski definition) is 1. The number of nitrogens with one attached hydrogen (secondary N) is 1. The minimum Gasteiger partial charge on any atom is -0.497 e. The van der Waals surface area contributed by atoms with Crippen LogP contribution in [0.15, 0.2) is 42.5 Å². The van der Waals surface area contributed by atoms with Crippen molar-refractivity contribution in [3.05, 3.63) is 59.2 Å². The first kappa shape index (κ1) is 14.9. The Labute approximate surface area is 124 Å². The van der Waals surface area contributed by atoms with Crippen LogP contribution in [0.3, 0.4) is 0 Å². The molecule has 4 heteroatoms. The second-order valence-corrected chi connectivity index (χ2v) is 4.73. The molecule has 0 atom stereocenters. The molecule has 0 radical (unpaired) electrons. The van der Waals surface area contributed by atoms with E-state index in [-0.39, 0.29) is 5.91 Å². The van der Waals surface area contributed by atoms with E-state index in [4.69, 9.17) is 9.47 Å². The van der Waals surface area contributed by atoms with Crippen molar-refractivity contribution < 1.29 is 14.3 Å². The number of ether oxygens (including phenoxy) is 2. The lowest BCUT2D eigenvalue weighted by Crippen LogP contribution is -2.23. The highest BCUT2D eigenvalue weighted by atomic mass is 16.5. The lowest BCUT2D eigenvalue weighted by Gasteiger charge is -2.10. The summed E-state index contributed by atoms with van der Waals surface area (Å²) in [6.07, 6.45) is 0. The molecule has 0 heterocycles. The zero-order valence-corrected chi connectivity index (χ0v) is 12.5. The van der Waals surface area contributed by atoms with Crippen molar-refractivity contribution in [3.63, 3.8) is 0 Å². The summed E-state index contributed by atoms with van der Waals surface area (Å²) in [6, 6.07) is 13.1. The van der Waals surface area contributed by atoms with Gasteiger partial charge in [-0.25, -0.2) is 0 Å². The zero-order chi connectivity index (χ0) is 15.2. The first-order chi connectivity index (χ1) is 10.1. The largest absolute Gasteiger partial charge is 0.497 e. The van der Waals surface area contributed by atoms with Crippen LogP contribution >= 0.6 is 0 Å². The van der Waals surface area contributed by atoms with Gasteiger partial charge in [-0.2, -0.15) is 0 Å². The Morgan fingerprint density at radius 1 is 1.05 bits per heavy atom. The fourth-order valence-corrected chi connectivity index (χ4v) is 2.02. The van der Waals surface area contributed by atoms with E-state index in [1.165, 1.54) is 0 Å². The molecule has 0 aliphatic heterocycles. The molecule has 2 aromatic rings. The molecule has 0 bridgehead atoms. The number of carbonyl (C=O) groups excluding carboxylic acids is 1. The van der Waals surface area contributed by atoms with Crippen LogP contribution in [0.2, 0.25) is 0 Å². The Bertz CT molecular complexity index is 620. The van der Waals surface area contributed by atoms with Crippen molar-refractivity contribution in [3.8, 4) is 11.5 Å².